The lowest BCUT2D eigenvalue weighted by Crippen LogP contribution is -2.37. The number of pyridine rings is 1. The van der Waals surface area contributed by atoms with Gasteiger partial charge in [-0.2, -0.15) is 9.97 Å². The number of hydrogen-bond donors (Lipinski definition) is 2. The number of fused-ring (bicyclic) bond motifs is 1. The number of rotatable bonds is 7. The van der Waals surface area contributed by atoms with Gasteiger partial charge in [0, 0.05) is 55.3 Å². The first-order valence-corrected chi connectivity index (χ1v) is 11.2. The molecule has 33 heavy (non-hydrogen) atoms. The van der Waals surface area contributed by atoms with Gasteiger partial charge < -0.3 is 25.0 Å². The minimum Gasteiger partial charge on any atom is -0.477 e. The highest BCUT2D eigenvalue weighted by Crippen LogP contribution is 2.24. The fourth-order valence-electron chi connectivity index (χ4n) is 3.90. The molecule has 2 N–H and O–H groups in total. The predicted octanol–water partition coefficient (Wildman–Crippen LogP) is 2.55. The van der Waals surface area contributed by atoms with Gasteiger partial charge in [-0.25, -0.2) is 0 Å². The Kier molecular flexibility index (Phi) is 6.30. The molecule has 0 aliphatic carbocycles. The van der Waals surface area contributed by atoms with Crippen LogP contribution in [0.5, 0.6) is 5.88 Å². The smallest absolute Gasteiger partial charge is 0.256 e. The van der Waals surface area contributed by atoms with Crippen LogP contribution in [0.25, 0.3) is 0 Å². The van der Waals surface area contributed by atoms with Crippen molar-refractivity contribution < 1.29 is 14.3 Å². The Balaban J connectivity index is 1.33. The largest absolute Gasteiger partial charge is 0.477 e. The summed E-state index contributed by atoms with van der Waals surface area (Å²) in [4.78, 5) is 28.4. The number of ether oxygens (including phenoxy) is 2. The van der Waals surface area contributed by atoms with E-state index in [1.165, 1.54) is 0 Å². The molecule has 1 saturated heterocycles. The van der Waals surface area contributed by atoms with E-state index < -0.39 is 0 Å². The van der Waals surface area contributed by atoms with Gasteiger partial charge in [-0.05, 0) is 42.3 Å². The Labute approximate surface area is 192 Å². The number of nitrogens with one attached hydrogen (secondary N) is 2. The van der Waals surface area contributed by atoms with Crippen LogP contribution >= 0.6 is 0 Å². The Morgan fingerprint density at radius 3 is 2.91 bits per heavy atom. The average Bonchev–Trinajstić information content (AvgIpc) is 3.33. The molecule has 0 bridgehead atoms. The highest BCUT2D eigenvalue weighted by atomic mass is 16.5. The van der Waals surface area contributed by atoms with Crippen molar-refractivity contribution in [3.63, 3.8) is 0 Å². The van der Waals surface area contributed by atoms with Crippen molar-refractivity contribution in [3.05, 3.63) is 65.5 Å². The standard InChI is InChI=1S/C24H26N6O3/c31-23(18-4-5-20-17(15-18)6-9-26-20)27-21-16-22(33-12-7-19-3-1-2-8-25-19)29-24(28-21)30-10-13-32-14-11-30/h1-5,8,15-16,26H,6-7,9-14H2,(H,27,28,29,31). The van der Waals surface area contributed by atoms with Gasteiger partial charge in [-0.3, -0.25) is 9.78 Å². The molecule has 4 heterocycles. The van der Waals surface area contributed by atoms with E-state index in [0.717, 1.165) is 29.9 Å². The first-order valence-electron chi connectivity index (χ1n) is 11.2. The van der Waals surface area contributed by atoms with Gasteiger partial charge in [0.2, 0.25) is 11.8 Å². The number of morpholine rings is 1. The molecule has 170 valence electrons. The van der Waals surface area contributed by atoms with Crippen LogP contribution in [0.1, 0.15) is 21.6 Å². The summed E-state index contributed by atoms with van der Waals surface area (Å²) >= 11 is 0. The lowest BCUT2D eigenvalue weighted by atomic mass is 10.1. The van der Waals surface area contributed by atoms with E-state index in [4.69, 9.17) is 9.47 Å². The van der Waals surface area contributed by atoms with Crippen LogP contribution < -0.4 is 20.3 Å². The van der Waals surface area contributed by atoms with E-state index in [9.17, 15) is 4.79 Å². The Morgan fingerprint density at radius 2 is 2.06 bits per heavy atom. The fourth-order valence-corrected chi connectivity index (χ4v) is 3.90. The minimum absolute atomic E-state index is 0.212. The zero-order valence-corrected chi connectivity index (χ0v) is 18.3. The summed E-state index contributed by atoms with van der Waals surface area (Å²) < 4.78 is 11.4. The van der Waals surface area contributed by atoms with Gasteiger partial charge in [-0.1, -0.05) is 6.07 Å². The summed E-state index contributed by atoms with van der Waals surface area (Å²) in [6.07, 6.45) is 3.33. The van der Waals surface area contributed by atoms with Crippen LogP contribution in [0.4, 0.5) is 17.5 Å². The monoisotopic (exact) mass is 446 g/mol. The summed E-state index contributed by atoms with van der Waals surface area (Å²) in [5, 5.41) is 6.23. The normalized spacial score (nSPS) is 15.0. The molecule has 0 spiro atoms. The molecule has 2 aromatic heterocycles. The number of carbonyl (C=O) groups is 1. The maximum Gasteiger partial charge on any atom is 0.256 e. The zero-order chi connectivity index (χ0) is 22.5. The molecule has 9 nitrogen and oxygen atoms in total. The molecule has 0 saturated carbocycles. The number of amides is 1. The lowest BCUT2D eigenvalue weighted by molar-refractivity contribution is 0.102. The minimum atomic E-state index is -0.212. The number of anilines is 3. The van der Waals surface area contributed by atoms with Gasteiger partial charge in [0.15, 0.2) is 0 Å². The first kappa shape index (κ1) is 21.1. The molecule has 2 aliphatic rings. The topological polar surface area (TPSA) is 102 Å². The zero-order valence-electron chi connectivity index (χ0n) is 18.3. The van der Waals surface area contributed by atoms with Crippen molar-refractivity contribution in [2.24, 2.45) is 0 Å². The highest BCUT2D eigenvalue weighted by Gasteiger charge is 2.18. The second-order valence-electron chi connectivity index (χ2n) is 7.91. The molecule has 1 amide bonds. The van der Waals surface area contributed by atoms with Crippen molar-refractivity contribution >= 4 is 23.4 Å². The highest BCUT2D eigenvalue weighted by molar-refractivity contribution is 6.04. The number of benzene rings is 1. The van der Waals surface area contributed by atoms with E-state index in [0.29, 0.717) is 62.5 Å². The summed E-state index contributed by atoms with van der Waals surface area (Å²) in [6, 6.07) is 13.2. The van der Waals surface area contributed by atoms with Crippen LogP contribution in [-0.4, -0.2) is 60.3 Å². The fraction of sp³-hybridized carbons (Fsp3) is 0.333. The lowest BCUT2D eigenvalue weighted by Gasteiger charge is -2.27. The third-order valence-corrected chi connectivity index (χ3v) is 5.64. The van der Waals surface area contributed by atoms with Crippen LogP contribution in [0.15, 0.2) is 48.7 Å². The summed E-state index contributed by atoms with van der Waals surface area (Å²) in [7, 11) is 0. The first-order chi connectivity index (χ1) is 16.2. The Bertz CT molecular complexity index is 1120. The third kappa shape index (κ3) is 5.20. The SMILES string of the molecule is O=C(Nc1cc(OCCc2ccccn2)nc(N2CCOCC2)n1)c1ccc2c(c1)CCN2. The van der Waals surface area contributed by atoms with Crippen molar-refractivity contribution in [1.82, 2.24) is 15.0 Å². The van der Waals surface area contributed by atoms with Gasteiger partial charge in [0.1, 0.15) is 5.82 Å². The molecular formula is C24H26N6O3. The van der Waals surface area contributed by atoms with E-state index in [2.05, 4.69) is 25.6 Å². The Hall–Kier alpha value is -3.72. The molecule has 9 heteroatoms. The quantitative estimate of drug-likeness (QED) is 0.571. The van der Waals surface area contributed by atoms with Gasteiger partial charge >= 0.3 is 0 Å². The number of aromatic nitrogens is 3. The van der Waals surface area contributed by atoms with E-state index in [1.54, 1.807) is 12.3 Å². The van der Waals surface area contributed by atoms with Crippen LogP contribution in [-0.2, 0) is 17.6 Å². The summed E-state index contributed by atoms with van der Waals surface area (Å²) in [5.41, 5.74) is 3.78. The number of hydrogen-bond acceptors (Lipinski definition) is 8. The number of nitrogens with zero attached hydrogens (tertiary/aromatic N) is 4. The maximum atomic E-state index is 12.9. The van der Waals surface area contributed by atoms with Crippen molar-refractivity contribution in [3.8, 4) is 5.88 Å². The number of carbonyl (C=O) groups excluding carboxylic acids is 1. The molecule has 2 aliphatic heterocycles. The summed E-state index contributed by atoms with van der Waals surface area (Å²) in [5.74, 6) is 1.12. The second-order valence-corrected chi connectivity index (χ2v) is 7.91. The molecule has 3 aromatic rings. The molecule has 1 aromatic carbocycles. The van der Waals surface area contributed by atoms with Crippen LogP contribution in [0, 0.1) is 0 Å². The van der Waals surface area contributed by atoms with E-state index in [1.807, 2.05) is 41.3 Å². The van der Waals surface area contributed by atoms with Crippen LogP contribution in [0.2, 0.25) is 0 Å². The van der Waals surface area contributed by atoms with Gasteiger partial charge in [0.25, 0.3) is 5.91 Å². The second kappa shape index (κ2) is 9.83. The molecule has 0 atom stereocenters. The van der Waals surface area contributed by atoms with Crippen molar-refractivity contribution in [2.75, 3.05) is 55.0 Å². The molecular weight excluding hydrogens is 420 g/mol. The third-order valence-electron chi connectivity index (χ3n) is 5.64. The molecule has 0 unspecified atom stereocenters. The predicted molar refractivity (Wildman–Crippen MR) is 125 cm³/mol. The molecule has 5 rings (SSSR count). The average molecular weight is 447 g/mol. The van der Waals surface area contributed by atoms with Crippen molar-refractivity contribution in [2.45, 2.75) is 12.8 Å². The van der Waals surface area contributed by atoms with E-state index >= 15 is 0 Å². The van der Waals surface area contributed by atoms with E-state index in [-0.39, 0.29) is 5.91 Å². The Morgan fingerprint density at radius 1 is 1.15 bits per heavy atom. The van der Waals surface area contributed by atoms with Gasteiger partial charge in [-0.15, -0.1) is 0 Å². The maximum absolute atomic E-state index is 12.9. The van der Waals surface area contributed by atoms with Gasteiger partial charge in [0.05, 0.1) is 19.8 Å². The molecule has 1 fully saturated rings. The summed E-state index contributed by atoms with van der Waals surface area (Å²) in [6.45, 7) is 3.90. The van der Waals surface area contributed by atoms with Crippen LogP contribution in [0.3, 0.4) is 0 Å². The molecule has 0 radical (unpaired) electrons. The van der Waals surface area contributed by atoms with Crippen molar-refractivity contribution in [1.29, 1.82) is 0 Å².